The number of ether oxygens (including phenoxy) is 1. The van der Waals surface area contributed by atoms with Gasteiger partial charge in [0.25, 0.3) is 0 Å². The van der Waals surface area contributed by atoms with Gasteiger partial charge in [0.15, 0.2) is 5.11 Å². The first kappa shape index (κ1) is 18.1. The summed E-state index contributed by atoms with van der Waals surface area (Å²) in [7, 11) is 1.79. The molecule has 2 aliphatic rings. The van der Waals surface area contributed by atoms with Gasteiger partial charge >= 0.3 is 0 Å². The smallest absolute Gasteiger partial charge is 0.232 e. The molecule has 0 bridgehead atoms. The van der Waals surface area contributed by atoms with Crippen molar-refractivity contribution in [3.05, 3.63) is 6.07 Å². The summed E-state index contributed by atoms with van der Waals surface area (Å²) in [6.45, 7) is 9.83. The van der Waals surface area contributed by atoms with Gasteiger partial charge in [0.1, 0.15) is 11.6 Å². The molecule has 0 radical (unpaired) electrons. The lowest BCUT2D eigenvalue weighted by Gasteiger charge is -2.36. The topological polar surface area (TPSA) is 65.6 Å². The standard InChI is InChI=1S/C17H28N6OS/c1-12-8-13(2)11-23(10-12)15-9-14(22-4-6-24-7-5-22)19-16(20-15)21-17(25)18-3/h9,12-13H,4-8,10-11H2,1-3H3,(H2,18,19,20,21,25). The van der Waals surface area contributed by atoms with Gasteiger partial charge in [0.2, 0.25) is 5.95 Å². The Kier molecular flexibility index (Phi) is 5.90. The fraction of sp³-hybridized carbons (Fsp3) is 0.706. The van der Waals surface area contributed by atoms with E-state index < -0.39 is 0 Å². The molecule has 7 nitrogen and oxygen atoms in total. The largest absolute Gasteiger partial charge is 0.378 e. The summed E-state index contributed by atoms with van der Waals surface area (Å²) in [6.07, 6.45) is 1.27. The molecule has 0 aromatic carbocycles. The summed E-state index contributed by atoms with van der Waals surface area (Å²) < 4.78 is 5.47. The molecular weight excluding hydrogens is 336 g/mol. The van der Waals surface area contributed by atoms with Crippen molar-refractivity contribution in [2.24, 2.45) is 11.8 Å². The number of nitrogens with one attached hydrogen (secondary N) is 2. The molecular formula is C17H28N6OS. The van der Waals surface area contributed by atoms with Gasteiger partial charge in [-0.15, -0.1) is 0 Å². The van der Waals surface area contributed by atoms with E-state index in [-0.39, 0.29) is 0 Å². The van der Waals surface area contributed by atoms with Crippen LogP contribution in [0.5, 0.6) is 0 Å². The Morgan fingerprint density at radius 3 is 2.32 bits per heavy atom. The molecule has 0 aliphatic carbocycles. The van der Waals surface area contributed by atoms with Crippen LogP contribution in [0.1, 0.15) is 20.3 Å². The predicted octanol–water partition coefficient (Wildman–Crippen LogP) is 1.71. The van der Waals surface area contributed by atoms with Gasteiger partial charge in [-0.25, -0.2) is 0 Å². The molecule has 25 heavy (non-hydrogen) atoms. The number of hydrogen-bond acceptors (Lipinski definition) is 6. The normalized spacial score (nSPS) is 24.1. The lowest BCUT2D eigenvalue weighted by molar-refractivity contribution is 0.122. The second-order valence-corrected chi connectivity index (χ2v) is 7.47. The third-order valence-electron chi connectivity index (χ3n) is 4.68. The quantitative estimate of drug-likeness (QED) is 0.786. The Hall–Kier alpha value is -1.67. The number of rotatable bonds is 3. The molecule has 0 spiro atoms. The van der Waals surface area contributed by atoms with Crippen molar-refractivity contribution in [3.63, 3.8) is 0 Å². The maximum Gasteiger partial charge on any atom is 0.232 e. The van der Waals surface area contributed by atoms with Crippen molar-refractivity contribution in [1.82, 2.24) is 15.3 Å². The first-order chi connectivity index (χ1) is 12.0. The maximum atomic E-state index is 5.47. The zero-order valence-corrected chi connectivity index (χ0v) is 16.1. The summed E-state index contributed by atoms with van der Waals surface area (Å²) in [5.74, 6) is 3.78. The molecule has 2 unspecified atom stereocenters. The molecule has 2 aliphatic heterocycles. The van der Waals surface area contributed by atoms with Crippen LogP contribution < -0.4 is 20.4 Å². The van der Waals surface area contributed by atoms with Gasteiger partial charge in [-0.2, -0.15) is 9.97 Å². The van der Waals surface area contributed by atoms with E-state index in [1.165, 1.54) is 6.42 Å². The Morgan fingerprint density at radius 1 is 1.12 bits per heavy atom. The lowest BCUT2D eigenvalue weighted by atomic mass is 9.92. The molecule has 2 saturated heterocycles. The lowest BCUT2D eigenvalue weighted by Crippen LogP contribution is -2.40. The monoisotopic (exact) mass is 364 g/mol. The first-order valence-corrected chi connectivity index (χ1v) is 9.41. The van der Waals surface area contributed by atoms with Crippen molar-refractivity contribution in [2.45, 2.75) is 20.3 Å². The Bertz CT molecular complexity index is 597. The van der Waals surface area contributed by atoms with Crippen LogP contribution >= 0.6 is 12.2 Å². The van der Waals surface area contributed by atoms with Gasteiger partial charge in [-0.05, 0) is 30.5 Å². The van der Waals surface area contributed by atoms with Crippen molar-refractivity contribution >= 4 is 34.9 Å². The highest BCUT2D eigenvalue weighted by atomic mass is 32.1. The number of morpholine rings is 1. The van der Waals surface area contributed by atoms with Gasteiger partial charge in [-0.1, -0.05) is 13.8 Å². The first-order valence-electron chi connectivity index (χ1n) is 9.00. The Balaban J connectivity index is 1.89. The summed E-state index contributed by atoms with van der Waals surface area (Å²) in [5, 5.41) is 6.52. The minimum absolute atomic E-state index is 0.519. The highest BCUT2D eigenvalue weighted by Gasteiger charge is 2.24. The van der Waals surface area contributed by atoms with Crippen LogP contribution in [0.4, 0.5) is 17.6 Å². The summed E-state index contributed by atoms with van der Waals surface area (Å²) in [5.41, 5.74) is 0. The fourth-order valence-electron chi connectivity index (χ4n) is 3.61. The van der Waals surface area contributed by atoms with Crippen LogP contribution in [0, 0.1) is 11.8 Å². The number of hydrogen-bond donors (Lipinski definition) is 2. The van der Waals surface area contributed by atoms with E-state index >= 15 is 0 Å². The maximum absolute atomic E-state index is 5.47. The number of piperidine rings is 1. The van der Waals surface area contributed by atoms with Gasteiger partial charge in [0.05, 0.1) is 13.2 Å². The van der Waals surface area contributed by atoms with E-state index in [1.54, 1.807) is 7.05 Å². The van der Waals surface area contributed by atoms with E-state index in [2.05, 4.69) is 45.3 Å². The molecule has 3 rings (SSSR count). The molecule has 2 N–H and O–H groups in total. The highest BCUT2D eigenvalue weighted by Crippen LogP contribution is 2.28. The number of nitrogens with zero attached hydrogens (tertiary/aromatic N) is 4. The molecule has 138 valence electrons. The van der Waals surface area contributed by atoms with Crippen LogP contribution in [0.25, 0.3) is 0 Å². The highest BCUT2D eigenvalue weighted by molar-refractivity contribution is 7.80. The summed E-state index contributed by atoms with van der Waals surface area (Å²) in [4.78, 5) is 14.0. The molecule has 3 heterocycles. The average molecular weight is 365 g/mol. The minimum Gasteiger partial charge on any atom is -0.378 e. The number of anilines is 3. The van der Waals surface area contributed by atoms with Crippen molar-refractivity contribution in [2.75, 3.05) is 61.6 Å². The van der Waals surface area contributed by atoms with Crippen LogP contribution in [0.15, 0.2) is 6.07 Å². The van der Waals surface area contributed by atoms with Crippen LogP contribution in [-0.4, -0.2) is 61.5 Å². The Labute approximate surface area is 155 Å². The second kappa shape index (κ2) is 8.14. The van der Waals surface area contributed by atoms with E-state index in [0.29, 0.717) is 22.9 Å². The van der Waals surface area contributed by atoms with Crippen molar-refractivity contribution in [3.8, 4) is 0 Å². The minimum atomic E-state index is 0.519. The van der Waals surface area contributed by atoms with Crippen LogP contribution in [-0.2, 0) is 4.74 Å². The molecule has 2 fully saturated rings. The number of thiocarbonyl (C=S) groups is 1. The van der Waals surface area contributed by atoms with E-state index in [1.807, 2.05) is 0 Å². The second-order valence-electron chi connectivity index (χ2n) is 7.06. The average Bonchev–Trinajstić information content (AvgIpc) is 2.61. The fourth-order valence-corrected chi connectivity index (χ4v) is 3.70. The van der Waals surface area contributed by atoms with Crippen molar-refractivity contribution < 1.29 is 4.74 Å². The zero-order chi connectivity index (χ0) is 17.8. The van der Waals surface area contributed by atoms with Crippen LogP contribution in [0.2, 0.25) is 0 Å². The van der Waals surface area contributed by atoms with E-state index in [4.69, 9.17) is 21.9 Å². The molecule has 2 atom stereocenters. The summed E-state index contributed by atoms with van der Waals surface area (Å²) >= 11 is 5.22. The zero-order valence-electron chi connectivity index (χ0n) is 15.3. The third-order valence-corrected chi connectivity index (χ3v) is 4.99. The van der Waals surface area contributed by atoms with E-state index in [9.17, 15) is 0 Å². The van der Waals surface area contributed by atoms with Gasteiger partial charge < -0.3 is 25.2 Å². The van der Waals surface area contributed by atoms with Crippen LogP contribution in [0.3, 0.4) is 0 Å². The predicted molar refractivity (Wildman–Crippen MR) is 106 cm³/mol. The SMILES string of the molecule is CNC(=S)Nc1nc(N2CCOCC2)cc(N2CC(C)CC(C)C2)n1. The van der Waals surface area contributed by atoms with Gasteiger partial charge in [0, 0.05) is 39.3 Å². The van der Waals surface area contributed by atoms with Gasteiger partial charge in [-0.3, -0.25) is 0 Å². The molecule has 1 aromatic heterocycles. The molecule has 0 amide bonds. The van der Waals surface area contributed by atoms with E-state index in [0.717, 1.165) is 51.0 Å². The Morgan fingerprint density at radius 2 is 1.72 bits per heavy atom. The van der Waals surface area contributed by atoms with Crippen molar-refractivity contribution in [1.29, 1.82) is 0 Å². The third kappa shape index (κ3) is 4.70. The summed E-state index contributed by atoms with van der Waals surface area (Å²) in [6, 6.07) is 2.10. The molecule has 0 saturated carbocycles. The molecule has 8 heteroatoms. The molecule has 1 aromatic rings. The number of aromatic nitrogens is 2.